The summed E-state index contributed by atoms with van der Waals surface area (Å²) >= 11 is 0. The lowest BCUT2D eigenvalue weighted by molar-refractivity contribution is 0.0922. The minimum Gasteiger partial charge on any atom is -0.395 e. The average molecular weight is 272 g/mol. The smallest absolute Gasteiger partial charge is 0.271 e. The first-order chi connectivity index (χ1) is 9.81. The summed E-state index contributed by atoms with van der Waals surface area (Å²) in [6.45, 7) is 0.0247. The normalized spacial score (nSPS) is 15.2. The molecule has 20 heavy (non-hydrogen) atoms. The second-order valence-corrected chi connectivity index (χ2v) is 4.98. The van der Waals surface area contributed by atoms with Crippen molar-refractivity contribution in [3.63, 3.8) is 0 Å². The maximum Gasteiger partial charge on any atom is 0.271 e. The summed E-state index contributed by atoms with van der Waals surface area (Å²) in [5, 5.41) is 11.8. The zero-order valence-corrected chi connectivity index (χ0v) is 11.6. The van der Waals surface area contributed by atoms with E-state index in [1.807, 2.05) is 0 Å². The minimum absolute atomic E-state index is 0.0247. The molecule has 1 saturated carbocycles. The fourth-order valence-electron chi connectivity index (χ4n) is 2.40. The van der Waals surface area contributed by atoms with Gasteiger partial charge in [-0.15, -0.1) is 0 Å². The minimum atomic E-state index is -0.147. The summed E-state index contributed by atoms with van der Waals surface area (Å²) in [6.07, 6.45) is 7.71. The molecule has 1 aliphatic rings. The van der Waals surface area contributed by atoms with Gasteiger partial charge in [0.1, 0.15) is 5.69 Å². The van der Waals surface area contributed by atoms with Crippen molar-refractivity contribution in [2.75, 3.05) is 6.61 Å². The summed E-state index contributed by atoms with van der Waals surface area (Å²) in [5.41, 5.74) is 0.998. The van der Waals surface area contributed by atoms with Crippen molar-refractivity contribution < 1.29 is 9.90 Å². The number of carbonyl (C=O) groups excluding carboxylic acids is 1. The van der Waals surface area contributed by atoms with Gasteiger partial charge < -0.3 is 10.4 Å². The van der Waals surface area contributed by atoms with Crippen LogP contribution in [0.25, 0.3) is 0 Å². The highest BCUT2D eigenvalue weighted by Gasteiger charge is 2.18. The van der Waals surface area contributed by atoms with Crippen molar-refractivity contribution in [3.8, 4) is 11.8 Å². The molecule has 4 nitrogen and oxygen atoms in total. The Morgan fingerprint density at radius 2 is 2.20 bits per heavy atom. The number of hydrogen-bond acceptors (Lipinski definition) is 3. The van der Waals surface area contributed by atoms with Crippen molar-refractivity contribution in [1.29, 1.82) is 0 Å². The summed E-state index contributed by atoms with van der Waals surface area (Å²) in [4.78, 5) is 16.4. The van der Waals surface area contributed by atoms with Gasteiger partial charge in [0.2, 0.25) is 0 Å². The molecule has 0 aliphatic heterocycles. The van der Waals surface area contributed by atoms with E-state index in [0.717, 1.165) is 12.8 Å². The first kappa shape index (κ1) is 14.5. The Labute approximate surface area is 119 Å². The van der Waals surface area contributed by atoms with Crippen LogP contribution < -0.4 is 5.32 Å². The lowest BCUT2D eigenvalue weighted by Gasteiger charge is -2.22. The Morgan fingerprint density at radius 1 is 1.40 bits per heavy atom. The zero-order chi connectivity index (χ0) is 14.2. The number of carbonyl (C=O) groups is 1. The van der Waals surface area contributed by atoms with Crippen molar-refractivity contribution in [2.24, 2.45) is 0 Å². The van der Waals surface area contributed by atoms with Gasteiger partial charge in [-0.05, 0) is 25.0 Å². The number of aromatic nitrogens is 1. The van der Waals surface area contributed by atoms with Gasteiger partial charge in [0.05, 0.1) is 12.2 Å². The van der Waals surface area contributed by atoms with Crippen LogP contribution in [0.1, 0.15) is 54.6 Å². The Balaban J connectivity index is 2.07. The van der Waals surface area contributed by atoms with Gasteiger partial charge in [-0.2, -0.15) is 0 Å². The molecule has 106 valence electrons. The molecule has 0 spiro atoms. The van der Waals surface area contributed by atoms with Crippen molar-refractivity contribution in [3.05, 3.63) is 29.6 Å². The van der Waals surface area contributed by atoms with Gasteiger partial charge in [0.25, 0.3) is 5.91 Å². The first-order valence-corrected chi connectivity index (χ1v) is 7.17. The van der Waals surface area contributed by atoms with Crippen LogP contribution in [-0.4, -0.2) is 28.6 Å². The highest BCUT2D eigenvalue weighted by Crippen LogP contribution is 2.18. The number of rotatable bonds is 3. The molecule has 1 aliphatic carbocycles. The molecule has 1 fully saturated rings. The van der Waals surface area contributed by atoms with Crippen molar-refractivity contribution >= 4 is 5.91 Å². The predicted molar refractivity (Wildman–Crippen MR) is 77.2 cm³/mol. The van der Waals surface area contributed by atoms with Crippen LogP contribution >= 0.6 is 0 Å². The van der Waals surface area contributed by atoms with Crippen LogP contribution in [-0.2, 0) is 0 Å². The monoisotopic (exact) mass is 272 g/mol. The number of hydrogen-bond donors (Lipinski definition) is 2. The molecule has 2 N–H and O–H groups in total. The van der Waals surface area contributed by atoms with Gasteiger partial charge in [0, 0.05) is 18.7 Å². The average Bonchev–Trinajstić information content (AvgIpc) is 2.49. The van der Waals surface area contributed by atoms with Crippen LogP contribution in [0.15, 0.2) is 18.3 Å². The Morgan fingerprint density at radius 3 is 2.95 bits per heavy atom. The molecule has 1 amide bonds. The molecule has 0 saturated heterocycles. The van der Waals surface area contributed by atoms with Crippen LogP contribution in [0.3, 0.4) is 0 Å². The summed E-state index contributed by atoms with van der Waals surface area (Å²) in [5.74, 6) is 5.58. The fourth-order valence-corrected chi connectivity index (χ4v) is 2.40. The quantitative estimate of drug-likeness (QED) is 0.826. The van der Waals surface area contributed by atoms with Gasteiger partial charge >= 0.3 is 0 Å². The third-order valence-electron chi connectivity index (χ3n) is 3.42. The van der Waals surface area contributed by atoms with Gasteiger partial charge in [0.15, 0.2) is 0 Å². The SMILES string of the molecule is O=C(NC1CCCCC1)c1ncccc1C#CCCO. The molecule has 1 aromatic rings. The van der Waals surface area contributed by atoms with Gasteiger partial charge in [-0.1, -0.05) is 31.1 Å². The van der Waals surface area contributed by atoms with Crippen molar-refractivity contribution in [1.82, 2.24) is 10.3 Å². The second kappa shape index (κ2) is 7.66. The number of nitrogens with zero attached hydrogens (tertiary/aromatic N) is 1. The summed E-state index contributed by atoms with van der Waals surface area (Å²) in [7, 11) is 0. The Kier molecular flexibility index (Phi) is 5.57. The Hall–Kier alpha value is -1.86. The van der Waals surface area contributed by atoms with E-state index in [0.29, 0.717) is 17.7 Å². The molecular weight excluding hydrogens is 252 g/mol. The second-order valence-electron chi connectivity index (χ2n) is 4.98. The number of pyridine rings is 1. The highest BCUT2D eigenvalue weighted by molar-refractivity contribution is 5.94. The van der Waals surface area contributed by atoms with E-state index in [2.05, 4.69) is 22.1 Å². The fraction of sp³-hybridized carbons (Fsp3) is 0.500. The molecule has 0 aromatic carbocycles. The number of amides is 1. The molecular formula is C16H20N2O2. The van der Waals surface area contributed by atoms with E-state index in [1.54, 1.807) is 18.3 Å². The molecule has 0 unspecified atom stereocenters. The lowest BCUT2D eigenvalue weighted by Crippen LogP contribution is -2.36. The molecule has 4 heteroatoms. The van der Waals surface area contributed by atoms with Crippen molar-refractivity contribution in [2.45, 2.75) is 44.6 Å². The maximum atomic E-state index is 12.3. The van der Waals surface area contributed by atoms with E-state index in [1.165, 1.54) is 19.3 Å². The topological polar surface area (TPSA) is 62.2 Å². The van der Waals surface area contributed by atoms with Gasteiger partial charge in [-0.25, -0.2) is 4.98 Å². The third-order valence-corrected chi connectivity index (χ3v) is 3.42. The molecule has 0 radical (unpaired) electrons. The maximum absolute atomic E-state index is 12.3. The van der Waals surface area contributed by atoms with E-state index in [4.69, 9.17) is 5.11 Å². The Bertz CT molecular complexity index is 511. The van der Waals surface area contributed by atoms with E-state index in [-0.39, 0.29) is 18.6 Å². The van der Waals surface area contributed by atoms with Crippen LogP contribution in [0.5, 0.6) is 0 Å². The molecule has 1 heterocycles. The molecule has 1 aromatic heterocycles. The molecule has 2 rings (SSSR count). The first-order valence-electron chi connectivity index (χ1n) is 7.17. The lowest BCUT2D eigenvalue weighted by atomic mass is 9.95. The third kappa shape index (κ3) is 4.07. The van der Waals surface area contributed by atoms with E-state index >= 15 is 0 Å². The van der Waals surface area contributed by atoms with Crippen LogP contribution in [0.2, 0.25) is 0 Å². The molecule has 0 atom stereocenters. The largest absolute Gasteiger partial charge is 0.395 e. The molecule has 0 bridgehead atoms. The zero-order valence-electron chi connectivity index (χ0n) is 11.6. The van der Waals surface area contributed by atoms with E-state index in [9.17, 15) is 4.79 Å². The number of aliphatic hydroxyl groups excluding tert-OH is 1. The van der Waals surface area contributed by atoms with Crippen LogP contribution in [0.4, 0.5) is 0 Å². The highest BCUT2D eigenvalue weighted by atomic mass is 16.2. The summed E-state index contributed by atoms with van der Waals surface area (Å²) in [6, 6.07) is 3.81. The standard InChI is InChI=1S/C16H20N2O2/c19-12-5-4-7-13-8-6-11-17-15(13)16(20)18-14-9-2-1-3-10-14/h6,8,11,14,19H,1-3,5,9-10,12H2,(H,18,20). The predicted octanol–water partition coefficient (Wildman–Crippen LogP) is 1.88. The van der Waals surface area contributed by atoms with E-state index < -0.39 is 0 Å². The van der Waals surface area contributed by atoms with Crippen LogP contribution in [0, 0.1) is 11.8 Å². The summed E-state index contributed by atoms with van der Waals surface area (Å²) < 4.78 is 0. The number of nitrogens with one attached hydrogen (secondary N) is 1. The van der Waals surface area contributed by atoms with Gasteiger partial charge in [-0.3, -0.25) is 4.79 Å². The number of aliphatic hydroxyl groups is 1.